The number of fused-ring (bicyclic) bond motifs is 2. The summed E-state index contributed by atoms with van der Waals surface area (Å²) < 4.78 is -0.313. The number of hydrogen-bond donors (Lipinski definition) is 0. The van der Waals surface area contributed by atoms with Crippen LogP contribution in [0.1, 0.15) is 18.2 Å². The molecule has 1 saturated heterocycles. The van der Waals surface area contributed by atoms with E-state index in [9.17, 15) is 0 Å². The number of nitrogens with zero attached hydrogens (tertiary/aromatic N) is 7. The third-order valence-corrected chi connectivity index (χ3v) is 6.29. The molecule has 0 aromatic carbocycles. The predicted octanol–water partition coefficient (Wildman–Crippen LogP) is 3.01. The van der Waals surface area contributed by atoms with E-state index >= 15 is 0 Å². The zero-order chi connectivity index (χ0) is 18.6. The third kappa shape index (κ3) is 2.52. The van der Waals surface area contributed by atoms with Gasteiger partial charge in [-0.2, -0.15) is 15.2 Å². The van der Waals surface area contributed by atoms with E-state index in [2.05, 4.69) is 61.5 Å². The van der Waals surface area contributed by atoms with Crippen LogP contribution >= 0.6 is 22.6 Å². The Balaban J connectivity index is 1.64. The predicted molar refractivity (Wildman–Crippen MR) is 110 cm³/mol. The summed E-state index contributed by atoms with van der Waals surface area (Å²) in [5.41, 5.74) is 2.95. The fourth-order valence-electron chi connectivity index (χ4n) is 3.70. The molecule has 3 aromatic heterocycles. The van der Waals surface area contributed by atoms with Crippen LogP contribution in [0.2, 0.25) is 0 Å². The molecule has 2 aliphatic heterocycles. The van der Waals surface area contributed by atoms with E-state index in [0.29, 0.717) is 24.7 Å². The zero-order valence-electron chi connectivity index (χ0n) is 14.7. The standard InChI is InChI=1S/C19H16IN7/c1-19(20)15-13(4-2-6-22-15)11-27(19)17-14-5-3-7-23-16(14)24-18(25-17)26-9-12(8-21)10-26/h2-7,12H,9-11H2,1H3. The number of halogens is 1. The largest absolute Gasteiger partial charge is 0.338 e. The molecule has 0 radical (unpaired) electrons. The lowest BCUT2D eigenvalue weighted by Crippen LogP contribution is -2.47. The van der Waals surface area contributed by atoms with Crippen LogP contribution in [-0.4, -0.2) is 33.0 Å². The highest BCUT2D eigenvalue weighted by Gasteiger charge is 2.42. The number of hydrogen-bond acceptors (Lipinski definition) is 7. The van der Waals surface area contributed by atoms with E-state index < -0.39 is 0 Å². The number of nitriles is 1. The van der Waals surface area contributed by atoms with Crippen LogP contribution < -0.4 is 9.80 Å². The first-order valence-corrected chi connectivity index (χ1v) is 9.84. The summed E-state index contributed by atoms with van der Waals surface area (Å²) in [6.45, 7) is 4.23. The first-order chi connectivity index (χ1) is 13.1. The normalized spacial score (nSPS) is 21.8. The molecule has 2 aliphatic rings. The summed E-state index contributed by atoms with van der Waals surface area (Å²) in [5.74, 6) is 1.55. The molecule has 1 atom stereocenters. The zero-order valence-corrected chi connectivity index (χ0v) is 16.8. The Bertz CT molecular complexity index is 1080. The Hall–Kier alpha value is -2.54. The van der Waals surface area contributed by atoms with Gasteiger partial charge in [0.15, 0.2) is 5.65 Å². The first kappa shape index (κ1) is 16.6. The second kappa shape index (κ2) is 5.99. The summed E-state index contributed by atoms with van der Waals surface area (Å²) in [6, 6.07) is 10.3. The summed E-state index contributed by atoms with van der Waals surface area (Å²) >= 11 is 2.44. The lowest BCUT2D eigenvalue weighted by molar-refractivity contribution is 0.494. The van der Waals surface area contributed by atoms with Crippen molar-refractivity contribution in [2.45, 2.75) is 17.0 Å². The Morgan fingerprint density at radius 1 is 1.19 bits per heavy atom. The number of anilines is 2. The minimum absolute atomic E-state index is 0.0477. The van der Waals surface area contributed by atoms with Crippen molar-refractivity contribution in [3.63, 3.8) is 0 Å². The average molecular weight is 469 g/mol. The topological polar surface area (TPSA) is 81.8 Å². The fraction of sp³-hybridized carbons (Fsp3) is 0.316. The Morgan fingerprint density at radius 2 is 1.96 bits per heavy atom. The van der Waals surface area contributed by atoms with E-state index in [4.69, 9.17) is 10.2 Å². The summed E-state index contributed by atoms with van der Waals surface area (Å²) in [7, 11) is 0. The number of alkyl halides is 1. The van der Waals surface area contributed by atoms with Crippen LogP contribution in [0.15, 0.2) is 36.7 Å². The summed E-state index contributed by atoms with van der Waals surface area (Å²) in [5, 5.41) is 10.00. The Morgan fingerprint density at radius 3 is 2.74 bits per heavy atom. The van der Waals surface area contributed by atoms with Gasteiger partial charge in [0.05, 0.1) is 23.1 Å². The van der Waals surface area contributed by atoms with Gasteiger partial charge in [-0.3, -0.25) is 4.98 Å². The van der Waals surface area contributed by atoms with Gasteiger partial charge in [0.2, 0.25) is 5.95 Å². The molecule has 3 aromatic rings. The van der Waals surface area contributed by atoms with E-state index in [1.54, 1.807) is 6.20 Å². The molecule has 5 heterocycles. The molecule has 0 N–H and O–H groups in total. The lowest BCUT2D eigenvalue weighted by Gasteiger charge is -2.37. The molecule has 0 amide bonds. The summed E-state index contributed by atoms with van der Waals surface area (Å²) in [6.07, 6.45) is 3.59. The molecular formula is C19H16IN7. The first-order valence-electron chi connectivity index (χ1n) is 8.76. The van der Waals surface area contributed by atoms with Gasteiger partial charge in [-0.25, -0.2) is 4.98 Å². The molecule has 8 heteroatoms. The number of aromatic nitrogens is 4. The SMILES string of the molecule is CC1(I)c2ncccc2CN1c1nc(N2CC(C#N)C2)nc2ncccc12. The van der Waals surface area contributed by atoms with Gasteiger partial charge < -0.3 is 9.80 Å². The maximum absolute atomic E-state index is 9.07. The minimum Gasteiger partial charge on any atom is -0.338 e. The quantitative estimate of drug-likeness (QED) is 0.324. The second-order valence-corrected chi connectivity index (χ2v) is 9.10. The van der Waals surface area contributed by atoms with Gasteiger partial charge in [0, 0.05) is 32.0 Å². The second-order valence-electron chi connectivity index (χ2n) is 7.00. The average Bonchev–Trinajstić information content (AvgIpc) is 2.91. The van der Waals surface area contributed by atoms with Crippen LogP contribution in [0.4, 0.5) is 11.8 Å². The van der Waals surface area contributed by atoms with E-state index in [0.717, 1.165) is 23.4 Å². The molecule has 0 bridgehead atoms. The van der Waals surface area contributed by atoms with E-state index in [1.165, 1.54) is 5.56 Å². The van der Waals surface area contributed by atoms with Gasteiger partial charge in [0.25, 0.3) is 0 Å². The molecule has 7 nitrogen and oxygen atoms in total. The highest BCUT2D eigenvalue weighted by Crippen LogP contribution is 2.46. The summed E-state index contributed by atoms with van der Waals surface area (Å²) in [4.78, 5) is 22.9. The minimum atomic E-state index is -0.313. The molecule has 0 spiro atoms. The highest BCUT2D eigenvalue weighted by atomic mass is 127. The van der Waals surface area contributed by atoms with Crippen LogP contribution in [0, 0.1) is 17.2 Å². The molecule has 5 rings (SSSR count). The number of rotatable bonds is 2. The number of pyridine rings is 2. The van der Waals surface area contributed by atoms with Crippen molar-refractivity contribution in [1.29, 1.82) is 5.26 Å². The molecule has 0 aliphatic carbocycles. The fourth-order valence-corrected chi connectivity index (χ4v) is 4.59. The van der Waals surface area contributed by atoms with Crippen LogP contribution in [0.25, 0.3) is 11.0 Å². The maximum atomic E-state index is 9.07. The molecular weight excluding hydrogens is 453 g/mol. The van der Waals surface area contributed by atoms with Crippen molar-refractivity contribution in [2.24, 2.45) is 5.92 Å². The Kier molecular flexibility index (Phi) is 3.69. The van der Waals surface area contributed by atoms with Gasteiger partial charge >= 0.3 is 0 Å². The van der Waals surface area contributed by atoms with E-state index in [1.807, 2.05) is 29.3 Å². The smallest absolute Gasteiger partial charge is 0.229 e. The van der Waals surface area contributed by atoms with E-state index in [-0.39, 0.29) is 9.46 Å². The van der Waals surface area contributed by atoms with Gasteiger partial charge in [0.1, 0.15) is 9.36 Å². The lowest BCUT2D eigenvalue weighted by atomic mass is 10.0. The van der Waals surface area contributed by atoms with Crippen molar-refractivity contribution in [2.75, 3.05) is 22.9 Å². The monoisotopic (exact) mass is 469 g/mol. The van der Waals surface area contributed by atoms with Gasteiger partial charge in [-0.05, 0) is 53.3 Å². The van der Waals surface area contributed by atoms with Gasteiger partial charge in [-0.1, -0.05) is 6.07 Å². The van der Waals surface area contributed by atoms with Crippen LogP contribution in [0.3, 0.4) is 0 Å². The molecule has 1 fully saturated rings. The van der Waals surface area contributed by atoms with Crippen molar-refractivity contribution in [1.82, 2.24) is 19.9 Å². The maximum Gasteiger partial charge on any atom is 0.229 e. The van der Waals surface area contributed by atoms with Crippen LogP contribution in [0.5, 0.6) is 0 Å². The molecule has 0 saturated carbocycles. The van der Waals surface area contributed by atoms with Gasteiger partial charge in [-0.15, -0.1) is 0 Å². The van der Waals surface area contributed by atoms with Crippen LogP contribution in [-0.2, 0) is 10.1 Å². The highest BCUT2D eigenvalue weighted by molar-refractivity contribution is 14.1. The van der Waals surface area contributed by atoms with Crippen molar-refractivity contribution in [3.05, 3.63) is 47.9 Å². The third-order valence-electron chi connectivity index (χ3n) is 5.20. The molecule has 134 valence electrons. The molecule has 27 heavy (non-hydrogen) atoms. The Labute approximate surface area is 170 Å². The van der Waals surface area contributed by atoms with Crippen molar-refractivity contribution >= 4 is 45.4 Å². The molecule has 1 unspecified atom stereocenters. The van der Waals surface area contributed by atoms with Crippen molar-refractivity contribution in [3.8, 4) is 6.07 Å². The van der Waals surface area contributed by atoms with Crippen molar-refractivity contribution < 1.29 is 0 Å².